The van der Waals surface area contributed by atoms with Crippen molar-refractivity contribution < 1.29 is 17.9 Å². The van der Waals surface area contributed by atoms with Crippen molar-refractivity contribution in [2.45, 2.75) is 4.90 Å². The first-order chi connectivity index (χ1) is 13.9. The molecule has 150 valence electrons. The highest BCUT2D eigenvalue weighted by Crippen LogP contribution is 2.26. The zero-order chi connectivity index (χ0) is 20.9. The third-order valence-corrected chi connectivity index (χ3v) is 6.15. The molecule has 1 N–H and O–H groups in total. The molecule has 0 spiro atoms. The number of rotatable bonds is 7. The van der Waals surface area contributed by atoms with Crippen molar-refractivity contribution in [3.63, 3.8) is 0 Å². The molecule has 0 aliphatic rings. The van der Waals surface area contributed by atoms with E-state index in [4.69, 9.17) is 16.3 Å². The Hall–Kier alpha value is -3.03. The lowest BCUT2D eigenvalue weighted by Crippen LogP contribution is -2.38. The van der Waals surface area contributed by atoms with Gasteiger partial charge in [-0.3, -0.25) is 9.10 Å². The van der Waals surface area contributed by atoms with E-state index in [1.54, 1.807) is 66.7 Å². The van der Waals surface area contributed by atoms with Crippen LogP contribution in [-0.4, -0.2) is 28.0 Å². The predicted octanol–water partition coefficient (Wildman–Crippen LogP) is 4.18. The Balaban J connectivity index is 1.91. The molecule has 0 fully saturated rings. The summed E-state index contributed by atoms with van der Waals surface area (Å²) in [6.07, 6.45) is 0. The van der Waals surface area contributed by atoms with Gasteiger partial charge >= 0.3 is 0 Å². The molecule has 6 nitrogen and oxygen atoms in total. The molecule has 0 atom stereocenters. The van der Waals surface area contributed by atoms with Gasteiger partial charge in [0.1, 0.15) is 12.3 Å². The molecule has 3 rings (SSSR count). The molecule has 0 aromatic heterocycles. The summed E-state index contributed by atoms with van der Waals surface area (Å²) in [5.41, 5.74) is 0.868. The summed E-state index contributed by atoms with van der Waals surface area (Å²) in [6.45, 7) is -0.397. The molecule has 3 aromatic rings. The average molecular weight is 431 g/mol. The second-order valence-corrected chi connectivity index (χ2v) is 8.38. The van der Waals surface area contributed by atoms with Gasteiger partial charge in [-0.15, -0.1) is 0 Å². The lowest BCUT2D eigenvalue weighted by molar-refractivity contribution is -0.114. The number of carbonyl (C=O) groups excluding carboxylic acids is 1. The number of sulfonamides is 1. The molecule has 0 saturated carbocycles. The van der Waals surface area contributed by atoms with Crippen molar-refractivity contribution >= 4 is 38.9 Å². The Bertz CT molecular complexity index is 1070. The number of benzene rings is 3. The highest BCUT2D eigenvalue weighted by Gasteiger charge is 2.27. The van der Waals surface area contributed by atoms with Gasteiger partial charge in [0, 0.05) is 10.7 Å². The molecule has 0 unspecified atom stereocenters. The van der Waals surface area contributed by atoms with Crippen LogP contribution >= 0.6 is 11.6 Å². The fraction of sp³-hybridized carbons (Fsp3) is 0.0952. The zero-order valence-corrected chi connectivity index (χ0v) is 17.2. The van der Waals surface area contributed by atoms with Gasteiger partial charge in [0.15, 0.2) is 0 Å². The van der Waals surface area contributed by atoms with Crippen LogP contribution in [0.15, 0.2) is 83.8 Å². The van der Waals surface area contributed by atoms with E-state index < -0.39 is 22.5 Å². The highest BCUT2D eigenvalue weighted by atomic mass is 35.5. The Morgan fingerprint density at radius 2 is 1.59 bits per heavy atom. The molecule has 0 radical (unpaired) electrons. The van der Waals surface area contributed by atoms with Gasteiger partial charge in [0.2, 0.25) is 5.91 Å². The number of amides is 1. The van der Waals surface area contributed by atoms with Gasteiger partial charge in [-0.1, -0.05) is 29.8 Å². The summed E-state index contributed by atoms with van der Waals surface area (Å²) in [5.74, 6) is 0.0964. The van der Waals surface area contributed by atoms with Crippen molar-refractivity contribution in [1.82, 2.24) is 0 Å². The summed E-state index contributed by atoms with van der Waals surface area (Å²) >= 11 is 5.85. The number of nitrogens with zero attached hydrogens (tertiary/aromatic N) is 1. The van der Waals surface area contributed by atoms with Gasteiger partial charge in [-0.25, -0.2) is 8.42 Å². The van der Waals surface area contributed by atoms with E-state index in [0.29, 0.717) is 22.1 Å². The van der Waals surface area contributed by atoms with E-state index in [9.17, 15) is 13.2 Å². The van der Waals surface area contributed by atoms with Crippen LogP contribution in [0.3, 0.4) is 0 Å². The maximum absolute atomic E-state index is 13.2. The summed E-state index contributed by atoms with van der Waals surface area (Å²) in [5, 5.41) is 3.22. The van der Waals surface area contributed by atoms with E-state index in [1.807, 2.05) is 0 Å². The molecule has 8 heteroatoms. The number of anilines is 2. The number of halogens is 1. The van der Waals surface area contributed by atoms with Crippen molar-refractivity contribution in [3.8, 4) is 5.75 Å². The summed E-state index contributed by atoms with van der Waals surface area (Å²) in [7, 11) is -2.44. The monoisotopic (exact) mass is 430 g/mol. The van der Waals surface area contributed by atoms with Crippen molar-refractivity contribution in [1.29, 1.82) is 0 Å². The van der Waals surface area contributed by atoms with Crippen molar-refractivity contribution in [2.75, 3.05) is 23.3 Å². The lowest BCUT2D eigenvalue weighted by atomic mass is 10.3. The minimum atomic E-state index is -3.96. The molecular formula is C21H19ClN2O4S. The van der Waals surface area contributed by atoms with Gasteiger partial charge in [0.05, 0.1) is 17.7 Å². The number of hydrogen-bond donors (Lipinski definition) is 1. The largest absolute Gasteiger partial charge is 0.497 e. The van der Waals surface area contributed by atoms with Crippen LogP contribution in [0.1, 0.15) is 0 Å². The maximum atomic E-state index is 13.2. The Kier molecular flexibility index (Phi) is 6.41. The van der Waals surface area contributed by atoms with E-state index in [0.717, 1.165) is 4.31 Å². The van der Waals surface area contributed by atoms with Gasteiger partial charge in [0.25, 0.3) is 10.0 Å². The summed E-state index contributed by atoms with van der Waals surface area (Å²) < 4.78 is 32.6. The molecule has 29 heavy (non-hydrogen) atoms. The number of carbonyl (C=O) groups is 1. The molecule has 3 aromatic carbocycles. The Morgan fingerprint density at radius 1 is 0.966 bits per heavy atom. The molecule has 0 heterocycles. The third-order valence-electron chi connectivity index (χ3n) is 4.11. The number of ether oxygens (including phenoxy) is 1. The normalized spacial score (nSPS) is 11.0. The first kappa shape index (κ1) is 20.7. The molecule has 0 aliphatic heterocycles. The van der Waals surface area contributed by atoms with E-state index >= 15 is 0 Å². The van der Waals surface area contributed by atoms with Gasteiger partial charge in [-0.05, 0) is 60.7 Å². The predicted molar refractivity (Wildman–Crippen MR) is 114 cm³/mol. The minimum absolute atomic E-state index is 0.0927. The van der Waals surface area contributed by atoms with Crippen LogP contribution in [-0.2, 0) is 14.8 Å². The Labute approximate surface area is 174 Å². The van der Waals surface area contributed by atoms with E-state index in [-0.39, 0.29) is 4.90 Å². The second-order valence-electron chi connectivity index (χ2n) is 6.08. The zero-order valence-electron chi connectivity index (χ0n) is 15.6. The van der Waals surface area contributed by atoms with Crippen LogP contribution < -0.4 is 14.4 Å². The van der Waals surface area contributed by atoms with Crippen molar-refractivity contribution in [3.05, 3.63) is 83.9 Å². The van der Waals surface area contributed by atoms with E-state index in [1.165, 1.54) is 19.2 Å². The van der Waals surface area contributed by atoms with Crippen molar-refractivity contribution in [2.24, 2.45) is 0 Å². The van der Waals surface area contributed by atoms with Crippen LogP contribution in [0.4, 0.5) is 11.4 Å². The van der Waals surface area contributed by atoms with Gasteiger partial charge < -0.3 is 10.1 Å². The van der Waals surface area contributed by atoms with Crippen LogP contribution in [0, 0.1) is 0 Å². The van der Waals surface area contributed by atoms with Crippen LogP contribution in [0.2, 0.25) is 5.02 Å². The standard InChI is InChI=1S/C21H19ClN2O4S/c1-28-19-13-11-18(12-14-19)24(29(26,27)20-5-3-2-4-6-20)15-21(25)23-17-9-7-16(22)8-10-17/h2-14H,15H2,1H3,(H,23,25). The first-order valence-electron chi connectivity index (χ1n) is 8.67. The lowest BCUT2D eigenvalue weighted by Gasteiger charge is -2.24. The van der Waals surface area contributed by atoms with E-state index in [2.05, 4.69) is 5.32 Å². The summed E-state index contributed by atoms with van der Waals surface area (Å²) in [4.78, 5) is 12.7. The highest BCUT2D eigenvalue weighted by molar-refractivity contribution is 7.92. The number of hydrogen-bond acceptors (Lipinski definition) is 4. The molecular weight excluding hydrogens is 412 g/mol. The molecule has 0 saturated heterocycles. The van der Waals surface area contributed by atoms with Crippen LogP contribution in [0.25, 0.3) is 0 Å². The Morgan fingerprint density at radius 3 is 2.17 bits per heavy atom. The number of methoxy groups -OCH3 is 1. The third kappa shape index (κ3) is 5.07. The first-order valence-corrected chi connectivity index (χ1v) is 10.5. The summed E-state index contributed by atoms with van der Waals surface area (Å²) in [6, 6.07) is 21.0. The molecule has 0 aliphatic carbocycles. The maximum Gasteiger partial charge on any atom is 0.264 e. The quantitative estimate of drug-likeness (QED) is 0.610. The smallest absolute Gasteiger partial charge is 0.264 e. The number of nitrogens with one attached hydrogen (secondary N) is 1. The fourth-order valence-electron chi connectivity index (χ4n) is 2.65. The van der Waals surface area contributed by atoms with Crippen LogP contribution in [0.5, 0.6) is 5.75 Å². The SMILES string of the molecule is COc1ccc(N(CC(=O)Nc2ccc(Cl)cc2)S(=O)(=O)c2ccccc2)cc1. The molecule has 1 amide bonds. The second kappa shape index (κ2) is 8.98. The minimum Gasteiger partial charge on any atom is -0.497 e. The molecule has 0 bridgehead atoms. The van der Waals surface area contributed by atoms with Gasteiger partial charge in [-0.2, -0.15) is 0 Å². The topological polar surface area (TPSA) is 75.7 Å². The average Bonchev–Trinajstić information content (AvgIpc) is 2.74. The fourth-order valence-corrected chi connectivity index (χ4v) is 4.22.